The number of hydrogen-bond acceptors (Lipinski definition) is 5. The Morgan fingerprint density at radius 1 is 0.946 bits per heavy atom. The molecule has 0 atom stereocenters. The van der Waals surface area contributed by atoms with Crippen molar-refractivity contribution in [3.8, 4) is 11.3 Å². The lowest BCUT2D eigenvalue weighted by Crippen LogP contribution is -2.42. The molecule has 188 valence electrons. The summed E-state index contributed by atoms with van der Waals surface area (Å²) in [5.74, 6) is 0.809. The van der Waals surface area contributed by atoms with Crippen molar-refractivity contribution in [2.75, 3.05) is 18.4 Å². The summed E-state index contributed by atoms with van der Waals surface area (Å²) in [4.78, 5) is 5.15. The number of nitrogens with zero attached hydrogens (tertiary/aromatic N) is 4. The maximum atomic E-state index is 13.4. The Labute approximate surface area is 220 Å². The predicted molar refractivity (Wildman–Crippen MR) is 148 cm³/mol. The van der Waals surface area contributed by atoms with Gasteiger partial charge in [-0.25, -0.2) is 13.4 Å². The van der Waals surface area contributed by atoms with Crippen molar-refractivity contribution in [2.24, 2.45) is 0 Å². The molecule has 3 heterocycles. The molecule has 5 aromatic rings. The van der Waals surface area contributed by atoms with Crippen LogP contribution in [0, 0.1) is 6.92 Å². The van der Waals surface area contributed by atoms with Crippen LogP contribution in [-0.2, 0) is 10.0 Å². The molecule has 0 unspecified atom stereocenters. The van der Waals surface area contributed by atoms with Gasteiger partial charge in [-0.15, -0.1) is 0 Å². The van der Waals surface area contributed by atoms with Gasteiger partial charge in [-0.2, -0.15) is 13.9 Å². The van der Waals surface area contributed by atoms with Gasteiger partial charge in [0, 0.05) is 41.3 Å². The second-order valence-electron chi connectivity index (χ2n) is 9.40. The van der Waals surface area contributed by atoms with Gasteiger partial charge in [-0.3, -0.25) is 0 Å². The topological polar surface area (TPSA) is 79.6 Å². The van der Waals surface area contributed by atoms with Gasteiger partial charge in [-0.05, 0) is 48.7 Å². The molecule has 7 nitrogen and oxygen atoms in total. The molecular weight excluding hydrogens is 506 g/mol. The Morgan fingerprint density at radius 2 is 1.68 bits per heavy atom. The highest BCUT2D eigenvalue weighted by Crippen LogP contribution is 2.31. The molecule has 0 saturated carbocycles. The first-order valence-electron chi connectivity index (χ1n) is 12.3. The van der Waals surface area contributed by atoms with Crippen molar-refractivity contribution >= 4 is 43.9 Å². The lowest BCUT2D eigenvalue weighted by molar-refractivity contribution is 0.329. The van der Waals surface area contributed by atoms with Crippen LogP contribution in [0.4, 0.5) is 5.82 Å². The lowest BCUT2D eigenvalue weighted by Gasteiger charge is -2.32. The number of anilines is 1. The zero-order valence-corrected chi connectivity index (χ0v) is 21.9. The molecule has 1 N–H and O–H groups in total. The van der Waals surface area contributed by atoms with Crippen molar-refractivity contribution < 1.29 is 8.42 Å². The number of nitrogens with one attached hydrogen (secondary N) is 1. The number of fused-ring (bicyclic) bond motifs is 2. The van der Waals surface area contributed by atoms with Crippen molar-refractivity contribution in [2.45, 2.75) is 30.7 Å². The second-order valence-corrected chi connectivity index (χ2v) is 11.7. The van der Waals surface area contributed by atoms with Crippen molar-refractivity contribution in [3.05, 3.63) is 89.6 Å². The van der Waals surface area contributed by atoms with Crippen LogP contribution in [0.3, 0.4) is 0 Å². The number of halogens is 1. The number of sulfonamides is 1. The highest BCUT2D eigenvalue weighted by atomic mass is 35.5. The van der Waals surface area contributed by atoms with E-state index in [-0.39, 0.29) is 6.04 Å². The van der Waals surface area contributed by atoms with Gasteiger partial charge >= 0.3 is 0 Å². The van der Waals surface area contributed by atoms with Crippen LogP contribution in [-0.4, -0.2) is 46.5 Å². The third kappa shape index (κ3) is 4.45. The molecule has 0 spiro atoms. The fourth-order valence-corrected chi connectivity index (χ4v) is 6.65. The highest BCUT2D eigenvalue weighted by Gasteiger charge is 2.30. The van der Waals surface area contributed by atoms with E-state index in [0.29, 0.717) is 35.8 Å². The molecule has 0 bridgehead atoms. The predicted octanol–water partition coefficient (Wildman–Crippen LogP) is 5.78. The largest absolute Gasteiger partial charge is 0.367 e. The molecule has 0 amide bonds. The number of benzene rings is 3. The Bertz CT molecular complexity index is 1730. The molecule has 1 saturated heterocycles. The van der Waals surface area contributed by atoms with Gasteiger partial charge < -0.3 is 5.32 Å². The molecule has 3 aromatic carbocycles. The summed E-state index contributed by atoms with van der Waals surface area (Å²) in [6, 6.07) is 22.8. The van der Waals surface area contributed by atoms with E-state index in [1.807, 2.05) is 67.6 Å². The van der Waals surface area contributed by atoms with Gasteiger partial charge in [0.1, 0.15) is 5.82 Å². The van der Waals surface area contributed by atoms with Crippen LogP contribution in [0.1, 0.15) is 18.4 Å². The summed E-state index contributed by atoms with van der Waals surface area (Å²) in [7, 11) is -3.57. The zero-order chi connectivity index (χ0) is 25.6. The van der Waals surface area contributed by atoms with Crippen LogP contribution in [0.15, 0.2) is 83.9 Å². The third-order valence-electron chi connectivity index (χ3n) is 6.96. The molecule has 1 aliphatic heterocycles. The summed E-state index contributed by atoms with van der Waals surface area (Å²) in [6.07, 6.45) is 3.15. The molecule has 0 aliphatic carbocycles. The van der Waals surface area contributed by atoms with E-state index < -0.39 is 10.0 Å². The van der Waals surface area contributed by atoms with Crippen LogP contribution in [0.2, 0.25) is 5.02 Å². The van der Waals surface area contributed by atoms with E-state index >= 15 is 0 Å². The first-order valence-corrected chi connectivity index (χ1v) is 14.1. The van der Waals surface area contributed by atoms with Crippen LogP contribution in [0.5, 0.6) is 0 Å². The van der Waals surface area contributed by atoms with E-state index in [1.54, 1.807) is 27.2 Å². The van der Waals surface area contributed by atoms with Gasteiger partial charge in [0.15, 0.2) is 5.65 Å². The Balaban J connectivity index is 1.23. The Hall–Kier alpha value is -3.46. The number of aryl methyl sites for hydroxylation is 1. The summed E-state index contributed by atoms with van der Waals surface area (Å²) >= 11 is 6.46. The van der Waals surface area contributed by atoms with Gasteiger partial charge in [-0.1, -0.05) is 60.1 Å². The molecule has 6 rings (SSSR count). The lowest BCUT2D eigenvalue weighted by atomic mass is 10.1. The fraction of sp³-hybridized carbons (Fsp3) is 0.214. The summed E-state index contributed by atoms with van der Waals surface area (Å²) < 4.78 is 30.1. The second kappa shape index (κ2) is 9.45. The highest BCUT2D eigenvalue weighted by molar-refractivity contribution is 7.89. The number of hydrogen-bond donors (Lipinski definition) is 1. The molecule has 9 heteroatoms. The SMILES string of the molecule is Cc1cnn2c(NC3CCN(S(=O)(=O)c4ccc5ccccc5c4)CC3)cc(-c3ccccc3Cl)nc12. The number of aromatic nitrogens is 3. The average molecular weight is 532 g/mol. The van der Waals surface area contributed by atoms with Crippen LogP contribution >= 0.6 is 11.6 Å². The first kappa shape index (κ1) is 23.9. The minimum atomic E-state index is -3.57. The quantitative estimate of drug-likeness (QED) is 0.311. The van der Waals surface area contributed by atoms with Gasteiger partial charge in [0.25, 0.3) is 0 Å². The first-order chi connectivity index (χ1) is 17.9. The molecule has 1 fully saturated rings. The summed E-state index contributed by atoms with van der Waals surface area (Å²) in [5.41, 5.74) is 3.34. The Kier molecular flexibility index (Phi) is 6.10. The molecule has 0 radical (unpaired) electrons. The monoisotopic (exact) mass is 531 g/mol. The molecule has 37 heavy (non-hydrogen) atoms. The normalized spacial score (nSPS) is 15.4. The standard InChI is InChI=1S/C28H26ClN5O2S/c1-19-18-30-34-27(17-26(32-28(19)34)24-8-4-5-9-25(24)29)31-22-12-14-33(15-13-22)37(35,36)23-11-10-20-6-2-3-7-21(20)16-23/h2-11,16-18,22,31H,12-15H2,1H3. The molecular formula is C28H26ClN5O2S. The third-order valence-corrected chi connectivity index (χ3v) is 9.19. The molecule has 1 aliphatic rings. The van der Waals surface area contributed by atoms with E-state index in [9.17, 15) is 8.42 Å². The van der Waals surface area contributed by atoms with Crippen molar-refractivity contribution in [1.29, 1.82) is 0 Å². The smallest absolute Gasteiger partial charge is 0.243 e. The van der Waals surface area contributed by atoms with Gasteiger partial charge in [0.05, 0.1) is 16.8 Å². The molecule has 2 aromatic heterocycles. The van der Waals surface area contributed by atoms with E-state index in [1.165, 1.54) is 0 Å². The van der Waals surface area contributed by atoms with Crippen LogP contribution in [0.25, 0.3) is 27.7 Å². The maximum Gasteiger partial charge on any atom is 0.243 e. The van der Waals surface area contributed by atoms with Gasteiger partial charge in [0.2, 0.25) is 10.0 Å². The van der Waals surface area contributed by atoms with E-state index in [0.717, 1.165) is 39.1 Å². The van der Waals surface area contributed by atoms with Crippen LogP contribution < -0.4 is 5.32 Å². The number of rotatable bonds is 5. The fourth-order valence-electron chi connectivity index (χ4n) is 4.91. The van der Waals surface area contributed by atoms with E-state index in [4.69, 9.17) is 16.6 Å². The Morgan fingerprint density at radius 3 is 2.46 bits per heavy atom. The van der Waals surface area contributed by atoms with Crippen molar-refractivity contribution in [3.63, 3.8) is 0 Å². The summed E-state index contributed by atoms with van der Waals surface area (Å²) in [6.45, 7) is 2.86. The maximum absolute atomic E-state index is 13.4. The number of piperidine rings is 1. The van der Waals surface area contributed by atoms with E-state index in [2.05, 4.69) is 10.4 Å². The summed E-state index contributed by atoms with van der Waals surface area (Å²) in [5, 5.41) is 10.7. The minimum absolute atomic E-state index is 0.0947. The minimum Gasteiger partial charge on any atom is -0.367 e. The van der Waals surface area contributed by atoms with Crippen molar-refractivity contribution in [1.82, 2.24) is 18.9 Å². The average Bonchev–Trinajstić information content (AvgIpc) is 3.29. The zero-order valence-electron chi connectivity index (χ0n) is 20.3.